The van der Waals surface area contributed by atoms with E-state index in [2.05, 4.69) is 4.98 Å². The zero-order valence-corrected chi connectivity index (χ0v) is 14.5. The Balaban J connectivity index is 1.69. The van der Waals surface area contributed by atoms with Crippen LogP contribution in [0.15, 0.2) is 58.4 Å². The molecule has 3 rings (SSSR count). The predicted molar refractivity (Wildman–Crippen MR) is 93.3 cm³/mol. The van der Waals surface area contributed by atoms with Crippen LogP contribution in [0.25, 0.3) is 5.65 Å². The van der Waals surface area contributed by atoms with Gasteiger partial charge in [0.25, 0.3) is 5.56 Å². The minimum absolute atomic E-state index is 0.0933. The van der Waals surface area contributed by atoms with Gasteiger partial charge in [-0.3, -0.25) is 9.20 Å². The summed E-state index contributed by atoms with van der Waals surface area (Å²) in [5, 5.41) is 7.07. The van der Waals surface area contributed by atoms with E-state index >= 15 is 0 Å². The van der Waals surface area contributed by atoms with Crippen LogP contribution in [0.5, 0.6) is 0 Å². The van der Waals surface area contributed by atoms with Crippen molar-refractivity contribution >= 4 is 15.7 Å². The first-order chi connectivity index (χ1) is 11.8. The van der Waals surface area contributed by atoms with Crippen LogP contribution in [0, 0.1) is 6.92 Å². The maximum atomic E-state index is 12.2. The molecule has 0 bridgehead atoms. The summed E-state index contributed by atoms with van der Waals surface area (Å²) in [5.74, 6) is 0. The van der Waals surface area contributed by atoms with Crippen LogP contribution in [0.3, 0.4) is 0 Å². The molecular weight excluding hydrogens is 340 g/mol. The molecule has 4 N–H and O–H groups in total. The number of pyridine rings is 1. The van der Waals surface area contributed by atoms with Gasteiger partial charge in [0.15, 0.2) is 0 Å². The molecule has 0 amide bonds. The Kier molecular flexibility index (Phi) is 4.67. The van der Waals surface area contributed by atoms with Crippen LogP contribution in [-0.4, -0.2) is 17.8 Å². The largest absolute Gasteiger partial charge is 0.337 e. The highest BCUT2D eigenvalue weighted by atomic mass is 32.2. The van der Waals surface area contributed by atoms with E-state index in [-0.39, 0.29) is 10.5 Å². The van der Waals surface area contributed by atoms with E-state index in [1.807, 2.05) is 24.4 Å². The van der Waals surface area contributed by atoms with Crippen molar-refractivity contribution in [3.63, 3.8) is 0 Å². The molecule has 2 aromatic heterocycles. The Labute approximate surface area is 145 Å². The van der Waals surface area contributed by atoms with Crippen molar-refractivity contribution in [3.8, 4) is 0 Å². The molecule has 0 aliphatic rings. The average Bonchev–Trinajstić information content (AvgIpc) is 2.55. The molecule has 0 spiro atoms. The number of quaternary nitrogens is 1. The third kappa shape index (κ3) is 4.11. The van der Waals surface area contributed by atoms with Crippen LogP contribution < -0.4 is 16.0 Å². The van der Waals surface area contributed by atoms with Gasteiger partial charge >= 0.3 is 0 Å². The van der Waals surface area contributed by atoms with Crippen molar-refractivity contribution in [1.82, 2.24) is 9.38 Å². The molecule has 130 valence electrons. The molecule has 0 unspecified atom stereocenters. The Morgan fingerprint density at radius 1 is 1.12 bits per heavy atom. The van der Waals surface area contributed by atoms with Gasteiger partial charge in [0, 0.05) is 17.8 Å². The number of hydrogen-bond acceptors (Lipinski definition) is 4. The van der Waals surface area contributed by atoms with Crippen molar-refractivity contribution in [2.45, 2.75) is 24.9 Å². The molecule has 2 heterocycles. The number of hydrogen-bond donors (Lipinski definition) is 2. The van der Waals surface area contributed by atoms with E-state index in [0.29, 0.717) is 24.4 Å². The maximum absolute atomic E-state index is 12.2. The van der Waals surface area contributed by atoms with E-state index in [1.54, 1.807) is 18.3 Å². The Bertz CT molecular complexity index is 1070. The lowest BCUT2D eigenvalue weighted by molar-refractivity contribution is -0.686. The first-order valence-electron chi connectivity index (χ1n) is 7.75. The van der Waals surface area contributed by atoms with Gasteiger partial charge in [-0.15, -0.1) is 0 Å². The Hall–Kier alpha value is -2.55. The summed E-state index contributed by atoms with van der Waals surface area (Å²) in [5.41, 5.74) is 3.18. The molecule has 7 nitrogen and oxygen atoms in total. The second-order valence-electron chi connectivity index (χ2n) is 5.91. The van der Waals surface area contributed by atoms with Crippen molar-refractivity contribution in [3.05, 3.63) is 75.8 Å². The summed E-state index contributed by atoms with van der Waals surface area (Å²) in [6.07, 6.45) is 1.77. The number of nitrogens with zero attached hydrogens (tertiary/aromatic N) is 2. The monoisotopic (exact) mass is 359 g/mol. The van der Waals surface area contributed by atoms with Gasteiger partial charge in [-0.05, 0) is 30.7 Å². The van der Waals surface area contributed by atoms with Gasteiger partial charge in [-0.1, -0.05) is 18.2 Å². The SMILES string of the molecule is Cc1ccc2nc(C[NH2+]Cc3ccc(S(N)(=O)=O)cc3)cc(=O)n2c1. The van der Waals surface area contributed by atoms with Gasteiger partial charge in [-0.2, -0.15) is 0 Å². The van der Waals surface area contributed by atoms with Crippen LogP contribution in [0.2, 0.25) is 0 Å². The molecule has 0 aliphatic carbocycles. The van der Waals surface area contributed by atoms with Crippen LogP contribution >= 0.6 is 0 Å². The molecule has 0 saturated carbocycles. The summed E-state index contributed by atoms with van der Waals surface area (Å²) >= 11 is 0. The van der Waals surface area contributed by atoms with Crippen molar-refractivity contribution in [2.24, 2.45) is 5.14 Å². The fraction of sp³-hybridized carbons (Fsp3) is 0.176. The number of nitrogens with two attached hydrogens (primary N) is 2. The number of aryl methyl sites for hydroxylation is 1. The Morgan fingerprint density at radius 2 is 1.84 bits per heavy atom. The third-order valence-electron chi connectivity index (χ3n) is 3.85. The molecule has 1 aromatic carbocycles. The molecule has 0 atom stereocenters. The lowest BCUT2D eigenvalue weighted by Gasteiger charge is -2.05. The van der Waals surface area contributed by atoms with Gasteiger partial charge in [0.1, 0.15) is 24.4 Å². The van der Waals surface area contributed by atoms with Gasteiger partial charge in [0.05, 0.1) is 4.90 Å². The number of primary sulfonamides is 1. The number of aromatic nitrogens is 2. The number of sulfonamides is 1. The van der Waals surface area contributed by atoms with Gasteiger partial charge in [0.2, 0.25) is 10.0 Å². The molecule has 0 aliphatic heterocycles. The molecule has 0 radical (unpaired) electrons. The second kappa shape index (κ2) is 6.75. The topological polar surface area (TPSA) is 111 Å². The number of rotatable bonds is 5. The molecular formula is C17H19N4O3S+. The predicted octanol–water partition coefficient (Wildman–Crippen LogP) is -0.0861. The minimum Gasteiger partial charge on any atom is -0.337 e. The first kappa shape index (κ1) is 17.3. The summed E-state index contributed by atoms with van der Waals surface area (Å²) in [6.45, 7) is 3.12. The van der Waals surface area contributed by atoms with Crippen molar-refractivity contribution in [1.29, 1.82) is 0 Å². The van der Waals surface area contributed by atoms with Gasteiger partial charge < -0.3 is 5.32 Å². The number of fused-ring (bicyclic) bond motifs is 1. The standard InChI is InChI=1S/C17H18N4O3S/c1-12-2-7-16-20-14(8-17(22)21(16)11-12)10-19-9-13-3-5-15(6-4-13)25(18,23)24/h2-8,11,19H,9-10H2,1H3,(H2,18,23,24)/p+1. The summed E-state index contributed by atoms with van der Waals surface area (Å²) in [4.78, 5) is 16.7. The molecule has 0 fully saturated rings. The highest BCUT2D eigenvalue weighted by Gasteiger charge is 2.08. The first-order valence-corrected chi connectivity index (χ1v) is 9.30. The summed E-state index contributed by atoms with van der Waals surface area (Å²) in [6, 6.07) is 11.7. The summed E-state index contributed by atoms with van der Waals surface area (Å²) < 4.78 is 24.0. The molecule has 8 heteroatoms. The van der Waals surface area contributed by atoms with Crippen LogP contribution in [0.4, 0.5) is 0 Å². The smallest absolute Gasteiger partial charge is 0.258 e. The number of benzene rings is 1. The van der Waals surface area contributed by atoms with Gasteiger partial charge in [-0.25, -0.2) is 18.5 Å². The van der Waals surface area contributed by atoms with E-state index in [1.165, 1.54) is 22.6 Å². The fourth-order valence-electron chi connectivity index (χ4n) is 2.56. The van der Waals surface area contributed by atoms with E-state index < -0.39 is 10.0 Å². The average molecular weight is 359 g/mol. The Morgan fingerprint density at radius 3 is 2.52 bits per heavy atom. The van der Waals surface area contributed by atoms with Crippen LogP contribution in [0.1, 0.15) is 16.8 Å². The van der Waals surface area contributed by atoms with Crippen molar-refractivity contribution < 1.29 is 13.7 Å². The molecule has 0 saturated heterocycles. The van der Waals surface area contributed by atoms with Crippen LogP contribution in [-0.2, 0) is 23.1 Å². The zero-order valence-electron chi connectivity index (χ0n) is 13.7. The highest BCUT2D eigenvalue weighted by Crippen LogP contribution is 2.07. The lowest BCUT2D eigenvalue weighted by Crippen LogP contribution is -2.80. The normalized spacial score (nSPS) is 11.8. The quantitative estimate of drug-likeness (QED) is 0.663. The third-order valence-corrected chi connectivity index (χ3v) is 4.78. The van der Waals surface area contributed by atoms with E-state index in [4.69, 9.17) is 5.14 Å². The second-order valence-corrected chi connectivity index (χ2v) is 7.47. The maximum Gasteiger partial charge on any atom is 0.258 e. The van der Waals surface area contributed by atoms with Crippen molar-refractivity contribution in [2.75, 3.05) is 0 Å². The van der Waals surface area contributed by atoms with E-state index in [0.717, 1.165) is 11.1 Å². The zero-order chi connectivity index (χ0) is 18.0. The fourth-order valence-corrected chi connectivity index (χ4v) is 3.08. The summed E-state index contributed by atoms with van der Waals surface area (Å²) in [7, 11) is -3.67. The van der Waals surface area contributed by atoms with E-state index in [9.17, 15) is 13.2 Å². The highest BCUT2D eigenvalue weighted by molar-refractivity contribution is 7.89. The molecule has 25 heavy (non-hydrogen) atoms. The lowest BCUT2D eigenvalue weighted by atomic mass is 10.2. The molecule has 3 aromatic rings. The minimum atomic E-state index is -3.67.